The maximum Gasteiger partial charge on any atom is 0.248 e. The normalized spacial score (nSPS) is 14.8. The molecule has 0 saturated heterocycles. The number of β-amino-alcohol motifs (C(OH)–C–C–N with tert-alkyl or cyclic N) is 1. The Bertz CT molecular complexity index is 1070. The largest absolute Gasteiger partial charge is 0.497 e. The van der Waals surface area contributed by atoms with E-state index in [0.29, 0.717) is 26.2 Å². The van der Waals surface area contributed by atoms with Crippen molar-refractivity contribution >= 4 is 16.9 Å². The van der Waals surface area contributed by atoms with Crippen molar-refractivity contribution < 1.29 is 23.6 Å². The number of aliphatic hydroxyl groups excluding tert-OH is 1. The number of fused-ring (bicyclic) bond motifs is 1. The van der Waals surface area contributed by atoms with Crippen LogP contribution in [0.15, 0.2) is 35.2 Å². The molecule has 0 bridgehead atoms. The van der Waals surface area contributed by atoms with Crippen molar-refractivity contribution in [1.82, 2.24) is 14.1 Å². The summed E-state index contributed by atoms with van der Waals surface area (Å²) in [6.07, 6.45) is 1.93. The Balaban J connectivity index is 1.45. The minimum Gasteiger partial charge on any atom is -0.497 e. The third kappa shape index (κ3) is 8.09. The topological polar surface area (TPSA) is 82.5 Å². The van der Waals surface area contributed by atoms with Gasteiger partial charge in [0.2, 0.25) is 5.91 Å². The van der Waals surface area contributed by atoms with Crippen LogP contribution in [0.5, 0.6) is 5.75 Å². The summed E-state index contributed by atoms with van der Waals surface area (Å²) >= 11 is 0. The average molecular weight is 532 g/mol. The predicted octanol–water partition coefficient (Wildman–Crippen LogP) is 2.33. The zero-order valence-corrected chi connectivity index (χ0v) is 23.6. The molecule has 0 saturated carbocycles. The summed E-state index contributed by atoms with van der Waals surface area (Å²) in [7, 11) is 3.87. The molecule has 9 heteroatoms. The van der Waals surface area contributed by atoms with Gasteiger partial charge in [0.25, 0.3) is 0 Å². The van der Waals surface area contributed by atoms with Crippen molar-refractivity contribution in [3.63, 3.8) is 0 Å². The van der Waals surface area contributed by atoms with Crippen LogP contribution in [-0.2, 0) is 39.9 Å². The average Bonchev–Trinajstić information content (AvgIpc) is 3.07. The highest BCUT2D eigenvalue weighted by atomic mass is 32.2. The number of nitrogens with zero attached hydrogens (tertiary/aromatic N) is 3. The highest BCUT2D eigenvalue weighted by Gasteiger charge is 2.18. The summed E-state index contributed by atoms with van der Waals surface area (Å²) in [6.45, 7) is 7.91. The van der Waals surface area contributed by atoms with E-state index in [0.717, 1.165) is 53.3 Å². The Morgan fingerprint density at radius 2 is 1.76 bits per heavy atom. The van der Waals surface area contributed by atoms with Crippen LogP contribution in [0, 0.1) is 13.8 Å². The molecular weight excluding hydrogens is 490 g/mol. The Kier molecular flexibility index (Phi) is 11.1. The third-order valence-electron chi connectivity index (χ3n) is 6.83. The van der Waals surface area contributed by atoms with E-state index in [1.54, 1.807) is 30.4 Å². The van der Waals surface area contributed by atoms with E-state index in [9.17, 15) is 14.1 Å². The molecule has 8 nitrogen and oxygen atoms in total. The molecular formula is C28H41N3O5S. The van der Waals surface area contributed by atoms with Gasteiger partial charge in [0.05, 0.1) is 25.2 Å². The molecule has 1 aliphatic rings. The summed E-state index contributed by atoms with van der Waals surface area (Å²) in [5.41, 5.74) is 5.61. The van der Waals surface area contributed by atoms with Crippen LogP contribution in [0.4, 0.5) is 0 Å². The van der Waals surface area contributed by atoms with Gasteiger partial charge in [0.1, 0.15) is 23.3 Å². The van der Waals surface area contributed by atoms with Gasteiger partial charge in [-0.25, -0.2) is 8.51 Å². The van der Waals surface area contributed by atoms with Gasteiger partial charge in [-0.2, -0.15) is 0 Å². The smallest absolute Gasteiger partial charge is 0.248 e. The first kappa shape index (κ1) is 29.3. The second-order valence-corrected chi connectivity index (χ2v) is 11.2. The van der Waals surface area contributed by atoms with E-state index in [1.165, 1.54) is 11.1 Å². The number of carbonyl (C=O) groups is 1. The van der Waals surface area contributed by atoms with Crippen LogP contribution >= 0.6 is 0 Å². The maximum absolute atomic E-state index is 13.1. The van der Waals surface area contributed by atoms with Crippen LogP contribution in [0.3, 0.4) is 0 Å². The van der Waals surface area contributed by atoms with E-state index in [2.05, 4.69) is 23.1 Å². The summed E-state index contributed by atoms with van der Waals surface area (Å²) < 4.78 is 25.7. The monoisotopic (exact) mass is 531 g/mol. The number of ether oxygens (including phenoxy) is 2. The van der Waals surface area contributed by atoms with Gasteiger partial charge in [0, 0.05) is 46.8 Å². The Morgan fingerprint density at radius 3 is 2.41 bits per heavy atom. The predicted molar refractivity (Wildman–Crippen MR) is 146 cm³/mol. The van der Waals surface area contributed by atoms with Crippen molar-refractivity contribution in [2.75, 3.05) is 67.2 Å². The lowest BCUT2D eigenvalue weighted by Gasteiger charge is -2.20. The number of benzene rings is 2. The zero-order valence-electron chi connectivity index (χ0n) is 22.8. The molecule has 2 aromatic rings. The lowest BCUT2D eigenvalue weighted by molar-refractivity contribution is -0.135. The molecule has 0 aliphatic carbocycles. The first-order chi connectivity index (χ1) is 17.7. The fourth-order valence-corrected chi connectivity index (χ4v) is 5.88. The van der Waals surface area contributed by atoms with Crippen molar-refractivity contribution in [3.8, 4) is 5.75 Å². The number of aliphatic hydroxyl groups is 1. The molecule has 1 heterocycles. The highest BCUT2D eigenvalue weighted by molar-refractivity contribution is 7.82. The fourth-order valence-electron chi connectivity index (χ4n) is 4.66. The van der Waals surface area contributed by atoms with Crippen molar-refractivity contribution in [1.29, 1.82) is 0 Å². The van der Waals surface area contributed by atoms with Crippen LogP contribution in [-0.4, -0.2) is 96.5 Å². The van der Waals surface area contributed by atoms with E-state index in [-0.39, 0.29) is 19.1 Å². The van der Waals surface area contributed by atoms with Gasteiger partial charge in [-0.15, -0.1) is 0 Å². The van der Waals surface area contributed by atoms with Crippen LogP contribution in [0.25, 0.3) is 0 Å². The lowest BCUT2D eigenvalue weighted by Crippen LogP contribution is -2.32. The molecule has 3 rings (SSSR count). The SMILES string of the molecule is COc1cc(C)c(S(=O)N(C)CCOCC(=O)N(C)Cc2ccc3c(c2)CCN(CCO)CC3)c(C)c1. The van der Waals surface area contributed by atoms with Gasteiger partial charge in [-0.3, -0.25) is 4.79 Å². The quantitative estimate of drug-likeness (QED) is 0.424. The van der Waals surface area contributed by atoms with Crippen molar-refractivity contribution in [2.24, 2.45) is 0 Å². The molecule has 1 atom stereocenters. The van der Waals surface area contributed by atoms with E-state index in [1.807, 2.05) is 26.0 Å². The molecule has 0 aromatic heterocycles. The first-order valence-corrected chi connectivity index (χ1v) is 13.9. The number of amides is 1. The standard InChI is InChI=1S/C28H41N3O5S/c1-21-16-26(35-5)17-22(2)28(21)37(34)30(4)13-15-36-20-27(33)29(3)19-23-6-7-24-8-10-31(12-14-32)11-9-25(24)18-23/h6-7,16-18,32H,8-15,19-20H2,1-5H3. The molecule has 1 N–H and O–H groups in total. The molecule has 0 radical (unpaired) electrons. The summed E-state index contributed by atoms with van der Waals surface area (Å²) in [4.78, 5) is 17.4. The van der Waals surface area contributed by atoms with Crippen molar-refractivity contribution in [2.45, 2.75) is 38.1 Å². The lowest BCUT2D eigenvalue weighted by atomic mass is 10.00. The maximum atomic E-state index is 13.1. The molecule has 1 unspecified atom stereocenters. The number of rotatable bonds is 12. The number of methoxy groups -OCH3 is 1. The fraction of sp³-hybridized carbons (Fsp3) is 0.536. The van der Waals surface area contributed by atoms with Gasteiger partial charge >= 0.3 is 0 Å². The number of carbonyl (C=O) groups excluding carboxylic acids is 1. The summed E-state index contributed by atoms with van der Waals surface area (Å²) in [5.74, 6) is 0.662. The summed E-state index contributed by atoms with van der Waals surface area (Å²) in [6, 6.07) is 10.2. The van der Waals surface area contributed by atoms with Crippen LogP contribution < -0.4 is 4.74 Å². The Morgan fingerprint density at radius 1 is 1.08 bits per heavy atom. The van der Waals surface area contributed by atoms with Crippen LogP contribution in [0.1, 0.15) is 27.8 Å². The van der Waals surface area contributed by atoms with Gasteiger partial charge in [-0.05, 0) is 66.6 Å². The highest BCUT2D eigenvalue weighted by Crippen LogP contribution is 2.25. The number of hydrogen-bond donors (Lipinski definition) is 1. The number of aryl methyl sites for hydroxylation is 2. The minimum absolute atomic E-state index is 0.0153. The molecule has 37 heavy (non-hydrogen) atoms. The number of hydrogen-bond acceptors (Lipinski definition) is 6. The second kappa shape index (κ2) is 14.0. The van der Waals surface area contributed by atoms with Gasteiger partial charge in [0.15, 0.2) is 0 Å². The van der Waals surface area contributed by atoms with Crippen molar-refractivity contribution in [3.05, 3.63) is 58.1 Å². The molecule has 1 aliphatic heterocycles. The molecule has 1 amide bonds. The molecule has 0 fully saturated rings. The van der Waals surface area contributed by atoms with E-state index >= 15 is 0 Å². The second-order valence-electron chi connectivity index (χ2n) is 9.66. The van der Waals surface area contributed by atoms with Gasteiger partial charge in [-0.1, -0.05) is 18.2 Å². The van der Waals surface area contributed by atoms with Crippen LogP contribution in [0.2, 0.25) is 0 Å². The van der Waals surface area contributed by atoms with Gasteiger partial charge < -0.3 is 24.4 Å². The zero-order chi connectivity index (χ0) is 26.9. The molecule has 0 spiro atoms. The Hall–Kier alpha value is -2.30. The van der Waals surface area contributed by atoms with E-state index in [4.69, 9.17) is 9.47 Å². The van der Waals surface area contributed by atoms with E-state index < -0.39 is 11.0 Å². The first-order valence-electron chi connectivity index (χ1n) is 12.8. The Labute approximate surface area is 223 Å². The minimum atomic E-state index is -1.33. The molecule has 2 aromatic carbocycles. The summed E-state index contributed by atoms with van der Waals surface area (Å²) in [5, 5.41) is 9.23. The number of likely N-dealkylation sites (N-methyl/N-ethyl adjacent to an activating group) is 2. The third-order valence-corrected chi connectivity index (χ3v) is 8.57. The molecule has 204 valence electrons.